The first-order valence-electron chi connectivity index (χ1n) is 12.6. The average Bonchev–Trinajstić information content (AvgIpc) is 3.43. The number of pyridine rings is 1. The predicted octanol–water partition coefficient (Wildman–Crippen LogP) is 3.42. The van der Waals surface area contributed by atoms with Gasteiger partial charge in [-0.05, 0) is 56.1 Å². The van der Waals surface area contributed by atoms with E-state index in [0.717, 1.165) is 30.5 Å². The van der Waals surface area contributed by atoms with Gasteiger partial charge in [-0.1, -0.05) is 12.1 Å². The normalized spacial score (nSPS) is 18.5. The van der Waals surface area contributed by atoms with Crippen LogP contribution in [0, 0.1) is 5.82 Å². The molecule has 1 aromatic carbocycles. The molecule has 0 amide bonds. The lowest BCUT2D eigenvalue weighted by Gasteiger charge is -2.34. The summed E-state index contributed by atoms with van der Waals surface area (Å²) in [6, 6.07) is 10.9. The molecule has 3 aromatic rings. The molecule has 8 nitrogen and oxygen atoms in total. The Morgan fingerprint density at radius 3 is 2.72 bits per heavy atom. The number of nitrogens with zero attached hydrogens (tertiary/aromatic N) is 5. The summed E-state index contributed by atoms with van der Waals surface area (Å²) in [6.07, 6.45) is 6.08. The molecule has 4 heterocycles. The number of morpholine rings is 1. The second-order valence-electron chi connectivity index (χ2n) is 9.32. The topological polar surface area (TPSA) is 72.7 Å². The second-order valence-corrected chi connectivity index (χ2v) is 9.32. The van der Waals surface area contributed by atoms with Gasteiger partial charge in [-0.3, -0.25) is 14.3 Å². The smallest absolute Gasteiger partial charge is 0.255 e. The molecule has 2 aliphatic rings. The maximum Gasteiger partial charge on any atom is 0.255 e. The van der Waals surface area contributed by atoms with Gasteiger partial charge >= 0.3 is 0 Å². The van der Waals surface area contributed by atoms with Gasteiger partial charge in [0.15, 0.2) is 5.82 Å². The molecule has 190 valence electrons. The van der Waals surface area contributed by atoms with Gasteiger partial charge in [0.05, 0.1) is 31.6 Å². The van der Waals surface area contributed by atoms with Crippen molar-refractivity contribution in [2.24, 2.45) is 7.05 Å². The highest BCUT2D eigenvalue weighted by atomic mass is 19.1. The third-order valence-electron chi connectivity index (χ3n) is 6.85. The van der Waals surface area contributed by atoms with Gasteiger partial charge in [0, 0.05) is 38.0 Å². The van der Waals surface area contributed by atoms with Crippen LogP contribution in [0.25, 0.3) is 11.3 Å². The van der Waals surface area contributed by atoms with Crippen LogP contribution in [0.3, 0.4) is 0 Å². The monoisotopic (exact) mass is 493 g/mol. The number of aromatic nitrogens is 3. The summed E-state index contributed by atoms with van der Waals surface area (Å²) in [5, 5.41) is 0. The summed E-state index contributed by atoms with van der Waals surface area (Å²) in [5.74, 6) is 0.825. The second kappa shape index (κ2) is 11.2. The number of likely N-dealkylation sites (tertiary alicyclic amines) is 1. The van der Waals surface area contributed by atoms with E-state index in [4.69, 9.17) is 9.47 Å². The van der Waals surface area contributed by atoms with E-state index in [0.29, 0.717) is 37.9 Å². The van der Waals surface area contributed by atoms with Crippen molar-refractivity contribution in [2.75, 3.05) is 50.8 Å². The average molecular weight is 494 g/mol. The van der Waals surface area contributed by atoms with E-state index < -0.39 is 5.82 Å². The zero-order valence-electron chi connectivity index (χ0n) is 20.6. The summed E-state index contributed by atoms with van der Waals surface area (Å²) in [5.41, 5.74) is 1.33. The fourth-order valence-electron chi connectivity index (χ4n) is 4.83. The molecule has 1 atom stereocenters. The zero-order valence-corrected chi connectivity index (χ0v) is 20.6. The summed E-state index contributed by atoms with van der Waals surface area (Å²) in [4.78, 5) is 25.6. The van der Waals surface area contributed by atoms with E-state index in [2.05, 4.69) is 14.9 Å². The van der Waals surface area contributed by atoms with Crippen LogP contribution in [-0.4, -0.2) is 65.4 Å². The standard InChI is InChI=1S/C27H32FN5O3/c1-31-26(34)17-24(22-9-10-29-18-23(22)28)30-27(31)33-14-16-36-25(19-33)20-5-7-21(8-6-20)35-15-4-13-32-11-2-3-12-32/h5-10,17-18,25H,2-4,11-16,19H2,1H3/t25-/m1/s1. The van der Waals surface area contributed by atoms with Gasteiger partial charge in [0.25, 0.3) is 5.56 Å². The minimum absolute atomic E-state index is 0.179. The van der Waals surface area contributed by atoms with Crippen molar-refractivity contribution in [1.82, 2.24) is 19.4 Å². The Morgan fingerprint density at radius 1 is 1.14 bits per heavy atom. The molecule has 2 saturated heterocycles. The zero-order chi connectivity index (χ0) is 24.9. The largest absolute Gasteiger partial charge is 0.494 e. The number of benzene rings is 1. The quantitative estimate of drug-likeness (QED) is 0.445. The maximum absolute atomic E-state index is 14.3. The first-order chi connectivity index (χ1) is 17.6. The minimum atomic E-state index is -0.512. The van der Waals surface area contributed by atoms with Crippen LogP contribution in [0.2, 0.25) is 0 Å². The predicted molar refractivity (Wildman–Crippen MR) is 136 cm³/mol. The lowest BCUT2D eigenvalue weighted by molar-refractivity contribution is 0.0389. The molecular weight excluding hydrogens is 461 g/mol. The molecule has 2 fully saturated rings. The fourth-order valence-corrected chi connectivity index (χ4v) is 4.83. The summed E-state index contributed by atoms with van der Waals surface area (Å²) < 4.78 is 27.8. The van der Waals surface area contributed by atoms with E-state index in [1.54, 1.807) is 7.05 Å². The number of anilines is 1. The molecule has 0 saturated carbocycles. The highest BCUT2D eigenvalue weighted by Crippen LogP contribution is 2.28. The van der Waals surface area contributed by atoms with Crippen molar-refractivity contribution in [3.63, 3.8) is 0 Å². The third kappa shape index (κ3) is 5.57. The Kier molecular flexibility index (Phi) is 7.58. The van der Waals surface area contributed by atoms with Gasteiger partial charge in [0.2, 0.25) is 5.95 Å². The summed E-state index contributed by atoms with van der Waals surface area (Å²) in [7, 11) is 1.68. The maximum atomic E-state index is 14.3. The highest BCUT2D eigenvalue weighted by molar-refractivity contribution is 5.60. The minimum Gasteiger partial charge on any atom is -0.494 e. The number of halogens is 1. The van der Waals surface area contributed by atoms with Crippen LogP contribution in [0.15, 0.2) is 53.6 Å². The van der Waals surface area contributed by atoms with Crippen LogP contribution in [0.4, 0.5) is 10.3 Å². The van der Waals surface area contributed by atoms with Crippen LogP contribution in [-0.2, 0) is 11.8 Å². The van der Waals surface area contributed by atoms with Crippen molar-refractivity contribution < 1.29 is 13.9 Å². The van der Waals surface area contributed by atoms with E-state index in [9.17, 15) is 9.18 Å². The highest BCUT2D eigenvalue weighted by Gasteiger charge is 2.25. The molecule has 0 radical (unpaired) electrons. The van der Waals surface area contributed by atoms with E-state index in [-0.39, 0.29) is 17.2 Å². The SMILES string of the molecule is Cn1c(N2CCO[C@@H](c3ccc(OCCCN4CCCC4)cc3)C2)nc(-c2ccncc2F)cc1=O. The van der Waals surface area contributed by atoms with Gasteiger partial charge in [-0.2, -0.15) is 0 Å². The Hall–Kier alpha value is -3.30. The summed E-state index contributed by atoms with van der Waals surface area (Å²) in [6.45, 7) is 5.81. The Labute approximate surface area is 210 Å². The van der Waals surface area contributed by atoms with Crippen LogP contribution in [0.1, 0.15) is 30.9 Å². The summed E-state index contributed by atoms with van der Waals surface area (Å²) >= 11 is 0. The van der Waals surface area contributed by atoms with Gasteiger partial charge in [-0.15, -0.1) is 0 Å². The van der Waals surface area contributed by atoms with Crippen LogP contribution in [0.5, 0.6) is 5.75 Å². The third-order valence-corrected chi connectivity index (χ3v) is 6.85. The number of ether oxygens (including phenoxy) is 2. The molecule has 36 heavy (non-hydrogen) atoms. The van der Waals surface area contributed by atoms with Gasteiger partial charge in [0.1, 0.15) is 11.9 Å². The number of hydrogen-bond donors (Lipinski definition) is 0. The molecule has 0 spiro atoms. The van der Waals surface area contributed by atoms with Crippen molar-refractivity contribution in [1.29, 1.82) is 0 Å². The van der Waals surface area contributed by atoms with Gasteiger partial charge in [-0.25, -0.2) is 9.37 Å². The Balaban J connectivity index is 1.24. The number of rotatable bonds is 8. The molecule has 9 heteroatoms. The first kappa shape index (κ1) is 24.4. The Bertz CT molecular complexity index is 1230. The molecule has 0 N–H and O–H groups in total. The van der Waals surface area contributed by atoms with Crippen molar-refractivity contribution in [3.05, 3.63) is 70.5 Å². The Morgan fingerprint density at radius 2 is 1.94 bits per heavy atom. The molecule has 2 aromatic heterocycles. The lowest BCUT2D eigenvalue weighted by atomic mass is 10.1. The fraction of sp³-hybridized carbons (Fsp3) is 0.444. The van der Waals surface area contributed by atoms with Crippen molar-refractivity contribution in [3.8, 4) is 17.0 Å². The first-order valence-corrected chi connectivity index (χ1v) is 12.6. The lowest BCUT2D eigenvalue weighted by Crippen LogP contribution is -2.41. The van der Waals surface area contributed by atoms with E-state index >= 15 is 0 Å². The molecule has 2 aliphatic heterocycles. The van der Waals surface area contributed by atoms with Crippen molar-refractivity contribution >= 4 is 5.95 Å². The van der Waals surface area contributed by atoms with Crippen LogP contribution >= 0.6 is 0 Å². The van der Waals surface area contributed by atoms with Crippen LogP contribution < -0.4 is 15.2 Å². The molecular formula is C27H32FN5O3. The molecule has 0 unspecified atom stereocenters. The molecule has 0 bridgehead atoms. The van der Waals surface area contributed by atoms with E-state index in [1.807, 2.05) is 29.2 Å². The molecule has 5 rings (SSSR count). The van der Waals surface area contributed by atoms with E-state index in [1.165, 1.54) is 48.8 Å². The van der Waals surface area contributed by atoms with Crippen molar-refractivity contribution in [2.45, 2.75) is 25.4 Å². The van der Waals surface area contributed by atoms with Gasteiger partial charge < -0.3 is 19.3 Å². The number of hydrogen-bond acceptors (Lipinski definition) is 7. The molecule has 0 aliphatic carbocycles.